The van der Waals surface area contributed by atoms with Gasteiger partial charge in [-0.1, -0.05) is 41.6 Å². The number of fused-ring (bicyclic) bond motifs is 1. The van der Waals surface area contributed by atoms with Gasteiger partial charge in [0.2, 0.25) is 0 Å². The Balaban J connectivity index is 1.53. The van der Waals surface area contributed by atoms with Gasteiger partial charge < -0.3 is 0 Å². The number of benzene rings is 1. The molecular weight excluding hydrogens is 350 g/mol. The summed E-state index contributed by atoms with van der Waals surface area (Å²) in [6, 6.07) is 10.4. The summed E-state index contributed by atoms with van der Waals surface area (Å²) in [5, 5.41) is 12.6. The van der Waals surface area contributed by atoms with E-state index in [9.17, 15) is 0 Å². The summed E-state index contributed by atoms with van der Waals surface area (Å²) < 4.78 is 1.99. The van der Waals surface area contributed by atoms with Crippen molar-refractivity contribution in [1.29, 1.82) is 0 Å². The van der Waals surface area contributed by atoms with Crippen molar-refractivity contribution in [2.45, 2.75) is 31.7 Å². The highest BCUT2D eigenvalue weighted by atomic mass is 32.2. The molecule has 0 spiro atoms. The van der Waals surface area contributed by atoms with Crippen LogP contribution in [-0.4, -0.2) is 24.6 Å². The van der Waals surface area contributed by atoms with E-state index >= 15 is 0 Å². The van der Waals surface area contributed by atoms with Crippen LogP contribution >= 0.6 is 23.1 Å². The first kappa shape index (κ1) is 16.2. The SMILES string of the molecule is Cc1ccc(-c2nc(CSc3nnc4cc(C)nc(C)n34)cs2)cc1. The molecule has 5 nitrogen and oxygen atoms in total. The molecule has 0 saturated carbocycles. The summed E-state index contributed by atoms with van der Waals surface area (Å²) in [7, 11) is 0. The predicted molar refractivity (Wildman–Crippen MR) is 102 cm³/mol. The molecule has 0 fully saturated rings. The van der Waals surface area contributed by atoms with Crippen molar-refractivity contribution in [2.24, 2.45) is 0 Å². The van der Waals surface area contributed by atoms with Gasteiger partial charge in [-0.05, 0) is 20.8 Å². The molecule has 3 aromatic heterocycles. The monoisotopic (exact) mass is 367 g/mol. The molecule has 0 aliphatic carbocycles. The van der Waals surface area contributed by atoms with Gasteiger partial charge in [-0.2, -0.15) is 0 Å². The van der Waals surface area contributed by atoms with Crippen molar-refractivity contribution >= 4 is 28.7 Å². The van der Waals surface area contributed by atoms with E-state index in [0.29, 0.717) is 0 Å². The molecule has 0 N–H and O–H groups in total. The number of aryl methyl sites for hydroxylation is 3. The van der Waals surface area contributed by atoms with Crippen LogP contribution in [0.4, 0.5) is 0 Å². The van der Waals surface area contributed by atoms with Crippen molar-refractivity contribution in [3.8, 4) is 10.6 Å². The van der Waals surface area contributed by atoms with Crippen molar-refractivity contribution in [3.63, 3.8) is 0 Å². The Kier molecular flexibility index (Phi) is 4.27. The van der Waals surface area contributed by atoms with Crippen LogP contribution in [0.25, 0.3) is 16.2 Å². The zero-order valence-electron chi connectivity index (χ0n) is 14.2. The maximum Gasteiger partial charge on any atom is 0.197 e. The minimum Gasteiger partial charge on any atom is -0.258 e. The predicted octanol–water partition coefficient (Wildman–Crippen LogP) is 4.47. The lowest BCUT2D eigenvalue weighted by atomic mass is 10.2. The second-order valence-corrected chi connectivity index (χ2v) is 7.72. The lowest BCUT2D eigenvalue weighted by Gasteiger charge is -2.03. The highest BCUT2D eigenvalue weighted by Crippen LogP contribution is 2.28. The molecular formula is C18H17N5S2. The van der Waals surface area contributed by atoms with Crippen LogP contribution in [-0.2, 0) is 5.75 Å². The fourth-order valence-corrected chi connectivity index (χ4v) is 4.45. The molecule has 7 heteroatoms. The van der Waals surface area contributed by atoms with E-state index in [1.165, 1.54) is 5.56 Å². The third-order valence-corrected chi connectivity index (χ3v) is 5.76. The van der Waals surface area contributed by atoms with Crippen molar-refractivity contribution in [3.05, 3.63) is 58.5 Å². The minimum absolute atomic E-state index is 0.760. The van der Waals surface area contributed by atoms with Gasteiger partial charge >= 0.3 is 0 Å². The van der Waals surface area contributed by atoms with Crippen LogP contribution in [0, 0.1) is 20.8 Å². The van der Waals surface area contributed by atoms with Gasteiger partial charge in [-0.3, -0.25) is 4.40 Å². The molecule has 25 heavy (non-hydrogen) atoms. The van der Waals surface area contributed by atoms with E-state index in [-0.39, 0.29) is 0 Å². The lowest BCUT2D eigenvalue weighted by molar-refractivity contribution is 0.854. The Bertz CT molecular complexity index is 1030. The van der Waals surface area contributed by atoms with Crippen LogP contribution in [0.5, 0.6) is 0 Å². The molecule has 0 unspecified atom stereocenters. The smallest absolute Gasteiger partial charge is 0.197 e. The summed E-state index contributed by atoms with van der Waals surface area (Å²) in [6.07, 6.45) is 0. The van der Waals surface area contributed by atoms with Gasteiger partial charge in [-0.15, -0.1) is 21.5 Å². The van der Waals surface area contributed by atoms with Crippen LogP contribution in [0.15, 0.2) is 40.9 Å². The topological polar surface area (TPSA) is 56.0 Å². The van der Waals surface area contributed by atoms with Crippen molar-refractivity contribution in [1.82, 2.24) is 24.6 Å². The summed E-state index contributed by atoms with van der Waals surface area (Å²) in [6.45, 7) is 6.04. The molecule has 4 aromatic rings. The van der Waals surface area contributed by atoms with E-state index in [2.05, 4.69) is 51.8 Å². The summed E-state index contributed by atoms with van der Waals surface area (Å²) in [4.78, 5) is 9.25. The van der Waals surface area contributed by atoms with Crippen LogP contribution < -0.4 is 0 Å². The summed E-state index contributed by atoms with van der Waals surface area (Å²) in [5.41, 5.74) is 5.27. The number of aromatic nitrogens is 5. The summed E-state index contributed by atoms with van der Waals surface area (Å²) in [5.74, 6) is 1.66. The normalized spacial score (nSPS) is 11.3. The van der Waals surface area contributed by atoms with Crippen LogP contribution in [0.2, 0.25) is 0 Å². The quantitative estimate of drug-likeness (QED) is 0.498. The standard InChI is InChI=1S/C18H17N5S2/c1-11-4-6-14(7-5-11)17-20-15(9-24-17)10-25-18-22-21-16-8-12(2)19-13(3)23(16)18/h4-9H,10H2,1-3H3. The third-order valence-electron chi connectivity index (χ3n) is 3.86. The van der Waals surface area contributed by atoms with Crippen LogP contribution in [0.1, 0.15) is 22.8 Å². The second-order valence-electron chi connectivity index (χ2n) is 5.92. The van der Waals surface area contributed by atoms with Gasteiger partial charge in [0.15, 0.2) is 10.8 Å². The van der Waals surface area contributed by atoms with Crippen molar-refractivity contribution in [2.75, 3.05) is 0 Å². The largest absolute Gasteiger partial charge is 0.258 e. The van der Waals surface area contributed by atoms with Crippen LogP contribution in [0.3, 0.4) is 0 Å². The maximum absolute atomic E-state index is 4.75. The number of thioether (sulfide) groups is 1. The van der Waals surface area contributed by atoms with Gasteiger partial charge in [0.1, 0.15) is 10.8 Å². The highest BCUT2D eigenvalue weighted by Gasteiger charge is 2.11. The first-order valence-electron chi connectivity index (χ1n) is 7.94. The second kappa shape index (κ2) is 6.57. The lowest BCUT2D eigenvalue weighted by Crippen LogP contribution is -1.98. The van der Waals surface area contributed by atoms with Gasteiger partial charge in [0.05, 0.1) is 5.69 Å². The molecule has 1 aromatic carbocycles. The Morgan fingerprint density at radius 2 is 1.84 bits per heavy atom. The highest BCUT2D eigenvalue weighted by molar-refractivity contribution is 7.98. The fraction of sp³-hybridized carbons (Fsp3) is 0.222. The summed E-state index contributed by atoms with van der Waals surface area (Å²) >= 11 is 3.31. The number of thiazole rings is 1. The molecule has 0 bridgehead atoms. The zero-order chi connectivity index (χ0) is 17.4. The molecule has 126 valence electrons. The van der Waals surface area contributed by atoms with E-state index in [1.807, 2.05) is 24.3 Å². The number of nitrogens with zero attached hydrogens (tertiary/aromatic N) is 5. The first-order valence-corrected chi connectivity index (χ1v) is 9.80. The minimum atomic E-state index is 0.760. The van der Waals surface area contributed by atoms with Crippen molar-refractivity contribution < 1.29 is 0 Å². The number of rotatable bonds is 4. The van der Waals surface area contributed by atoms with Gasteiger partial charge in [0.25, 0.3) is 0 Å². The van der Waals surface area contributed by atoms with Gasteiger partial charge in [-0.25, -0.2) is 9.97 Å². The molecule has 4 rings (SSSR count). The number of hydrogen-bond donors (Lipinski definition) is 0. The molecule has 3 heterocycles. The molecule has 0 aliphatic heterocycles. The third kappa shape index (κ3) is 3.29. The fourth-order valence-electron chi connectivity index (χ4n) is 2.64. The van der Waals surface area contributed by atoms with E-state index in [1.54, 1.807) is 23.1 Å². The Morgan fingerprint density at radius 3 is 2.64 bits per heavy atom. The number of hydrogen-bond acceptors (Lipinski definition) is 6. The maximum atomic E-state index is 4.75. The Hall–Kier alpha value is -2.25. The average Bonchev–Trinajstić information content (AvgIpc) is 3.20. The Labute approximate surface area is 154 Å². The van der Waals surface area contributed by atoms with E-state index < -0.39 is 0 Å². The van der Waals surface area contributed by atoms with Gasteiger partial charge in [0, 0.05) is 28.5 Å². The zero-order valence-corrected chi connectivity index (χ0v) is 15.9. The molecule has 0 atom stereocenters. The molecule has 0 saturated heterocycles. The first-order chi connectivity index (χ1) is 12.1. The Morgan fingerprint density at radius 1 is 1.04 bits per heavy atom. The molecule has 0 radical (unpaired) electrons. The molecule has 0 aliphatic rings. The molecule has 0 amide bonds. The van der Waals surface area contributed by atoms with E-state index in [0.717, 1.165) is 44.3 Å². The average molecular weight is 368 g/mol. The van der Waals surface area contributed by atoms with E-state index in [4.69, 9.17) is 4.98 Å².